The Morgan fingerprint density at radius 3 is 2.43 bits per heavy atom. The van der Waals surface area contributed by atoms with E-state index in [0.29, 0.717) is 19.6 Å². The summed E-state index contributed by atoms with van der Waals surface area (Å²) in [6, 6.07) is 5.48. The van der Waals surface area contributed by atoms with Crippen LogP contribution in [-0.4, -0.2) is 40.0 Å². The van der Waals surface area contributed by atoms with E-state index in [-0.39, 0.29) is 11.4 Å². The van der Waals surface area contributed by atoms with Crippen LogP contribution in [0.3, 0.4) is 0 Å². The lowest BCUT2D eigenvalue weighted by molar-refractivity contribution is -0.257. The number of sulfonamides is 1. The van der Waals surface area contributed by atoms with Crippen LogP contribution in [0.15, 0.2) is 29.2 Å². The van der Waals surface area contributed by atoms with E-state index < -0.39 is 21.8 Å². The minimum atomic E-state index is -3.87. The molecule has 2 rings (SSSR count). The summed E-state index contributed by atoms with van der Waals surface area (Å²) < 4.78 is 37.1. The Bertz CT molecular complexity index is 636. The molecular weight excluding hydrogens is 320 g/mol. The van der Waals surface area contributed by atoms with Crippen molar-refractivity contribution in [2.45, 2.75) is 37.4 Å². The number of hydrogen-bond acceptors (Lipinski definition) is 5. The number of carbonyl (C=O) groups excluding carboxylic acids is 1. The lowest BCUT2D eigenvalue weighted by Gasteiger charge is -2.33. The number of ether oxygens (including phenoxy) is 2. The third-order valence-electron chi connectivity index (χ3n) is 3.53. The van der Waals surface area contributed by atoms with Gasteiger partial charge in [0, 0.05) is 13.0 Å². The second kappa shape index (κ2) is 7.29. The molecule has 0 unspecified atom stereocenters. The number of carbonyl (C=O) groups is 1. The molecule has 2 amide bonds. The molecule has 2 N–H and O–H groups in total. The van der Waals surface area contributed by atoms with Crippen molar-refractivity contribution >= 4 is 16.1 Å². The lowest BCUT2D eigenvalue weighted by Crippen LogP contribution is -2.44. The summed E-state index contributed by atoms with van der Waals surface area (Å²) in [6.45, 7) is 5.13. The zero-order chi connectivity index (χ0) is 16.9. The highest BCUT2D eigenvalue weighted by atomic mass is 32.2. The molecule has 23 heavy (non-hydrogen) atoms. The number of hydrogen-bond donors (Lipinski definition) is 2. The SMILES string of the molecule is Cc1ccc(S(=O)(=O)NC(=O)NCCC2(C)OCCCO2)cc1. The molecule has 0 aliphatic carbocycles. The average molecular weight is 342 g/mol. The molecule has 1 aromatic carbocycles. The second-order valence-electron chi connectivity index (χ2n) is 5.61. The minimum absolute atomic E-state index is 0.0455. The summed E-state index contributed by atoms with van der Waals surface area (Å²) >= 11 is 0. The summed E-state index contributed by atoms with van der Waals surface area (Å²) in [6.07, 6.45) is 1.28. The van der Waals surface area contributed by atoms with Crippen molar-refractivity contribution < 1.29 is 22.7 Å². The molecule has 0 spiro atoms. The zero-order valence-corrected chi connectivity index (χ0v) is 14.1. The maximum absolute atomic E-state index is 12.1. The van der Waals surface area contributed by atoms with Gasteiger partial charge in [-0.1, -0.05) is 17.7 Å². The number of nitrogens with one attached hydrogen (secondary N) is 2. The van der Waals surface area contributed by atoms with Crippen LogP contribution in [0.2, 0.25) is 0 Å². The van der Waals surface area contributed by atoms with Crippen LogP contribution >= 0.6 is 0 Å². The summed E-state index contributed by atoms with van der Waals surface area (Å²) in [4.78, 5) is 11.8. The standard InChI is InChI=1S/C15H22N2O5S/c1-12-4-6-13(7-5-12)23(19,20)17-14(18)16-9-8-15(2)21-10-3-11-22-15/h4-7H,3,8-11H2,1-2H3,(H2,16,17,18). The highest BCUT2D eigenvalue weighted by Gasteiger charge is 2.28. The van der Waals surface area contributed by atoms with Crippen LogP contribution in [-0.2, 0) is 19.5 Å². The van der Waals surface area contributed by atoms with Gasteiger partial charge in [0.15, 0.2) is 5.79 Å². The summed E-state index contributed by atoms with van der Waals surface area (Å²) in [5, 5.41) is 2.50. The fourth-order valence-corrected chi connectivity index (χ4v) is 3.09. The fraction of sp³-hybridized carbons (Fsp3) is 0.533. The Morgan fingerprint density at radius 1 is 1.22 bits per heavy atom. The number of benzene rings is 1. The molecule has 1 aromatic rings. The molecule has 1 aliphatic heterocycles. The van der Waals surface area contributed by atoms with Crippen molar-refractivity contribution in [1.82, 2.24) is 10.0 Å². The van der Waals surface area contributed by atoms with Crippen LogP contribution in [0, 0.1) is 6.92 Å². The van der Waals surface area contributed by atoms with Gasteiger partial charge in [0.25, 0.3) is 10.0 Å². The first-order chi connectivity index (χ1) is 10.8. The Hall–Kier alpha value is -1.64. The van der Waals surface area contributed by atoms with E-state index in [4.69, 9.17) is 9.47 Å². The first-order valence-electron chi connectivity index (χ1n) is 7.46. The van der Waals surface area contributed by atoms with Crippen LogP contribution in [0.4, 0.5) is 4.79 Å². The fourth-order valence-electron chi connectivity index (χ4n) is 2.16. The van der Waals surface area contributed by atoms with Crippen molar-refractivity contribution in [3.8, 4) is 0 Å². The predicted octanol–water partition coefficient (Wildman–Crippen LogP) is 1.53. The Balaban J connectivity index is 1.83. The Morgan fingerprint density at radius 2 is 1.83 bits per heavy atom. The van der Waals surface area contributed by atoms with Crippen LogP contribution < -0.4 is 10.0 Å². The van der Waals surface area contributed by atoms with Crippen LogP contribution in [0.1, 0.15) is 25.3 Å². The monoisotopic (exact) mass is 342 g/mol. The van der Waals surface area contributed by atoms with Gasteiger partial charge < -0.3 is 14.8 Å². The molecule has 0 radical (unpaired) electrons. The van der Waals surface area contributed by atoms with Gasteiger partial charge in [-0.15, -0.1) is 0 Å². The number of urea groups is 1. The van der Waals surface area contributed by atoms with Crippen molar-refractivity contribution in [3.63, 3.8) is 0 Å². The highest BCUT2D eigenvalue weighted by molar-refractivity contribution is 7.90. The van der Waals surface area contributed by atoms with Gasteiger partial charge in [-0.05, 0) is 32.4 Å². The normalized spacial score (nSPS) is 17.5. The van der Waals surface area contributed by atoms with Gasteiger partial charge in [-0.25, -0.2) is 17.9 Å². The molecule has 1 fully saturated rings. The number of amides is 2. The largest absolute Gasteiger partial charge is 0.350 e. The number of aryl methyl sites for hydroxylation is 1. The molecule has 1 saturated heterocycles. The zero-order valence-electron chi connectivity index (χ0n) is 13.3. The average Bonchev–Trinajstić information content (AvgIpc) is 2.47. The molecule has 1 heterocycles. The predicted molar refractivity (Wildman–Crippen MR) is 84.4 cm³/mol. The van der Waals surface area contributed by atoms with E-state index in [9.17, 15) is 13.2 Å². The highest BCUT2D eigenvalue weighted by Crippen LogP contribution is 2.21. The van der Waals surface area contributed by atoms with Crippen molar-refractivity contribution in [3.05, 3.63) is 29.8 Å². The Labute approximate surface area is 136 Å². The van der Waals surface area contributed by atoms with Gasteiger partial charge in [0.1, 0.15) is 0 Å². The topological polar surface area (TPSA) is 93.7 Å². The molecule has 1 aliphatic rings. The molecule has 0 saturated carbocycles. The van der Waals surface area contributed by atoms with Crippen molar-refractivity contribution in [2.24, 2.45) is 0 Å². The van der Waals surface area contributed by atoms with E-state index in [0.717, 1.165) is 12.0 Å². The van der Waals surface area contributed by atoms with Crippen LogP contribution in [0.25, 0.3) is 0 Å². The van der Waals surface area contributed by atoms with Gasteiger partial charge in [-0.2, -0.15) is 0 Å². The second-order valence-corrected chi connectivity index (χ2v) is 7.29. The molecule has 128 valence electrons. The first kappa shape index (κ1) is 17.7. The van der Waals surface area contributed by atoms with Gasteiger partial charge in [0.2, 0.25) is 0 Å². The van der Waals surface area contributed by atoms with E-state index in [2.05, 4.69) is 5.32 Å². The molecule has 0 atom stereocenters. The van der Waals surface area contributed by atoms with Gasteiger partial charge >= 0.3 is 6.03 Å². The molecule has 0 aromatic heterocycles. The summed E-state index contributed by atoms with van der Waals surface area (Å²) in [5.74, 6) is -0.735. The molecule has 8 heteroatoms. The maximum atomic E-state index is 12.1. The quantitative estimate of drug-likeness (QED) is 0.846. The van der Waals surface area contributed by atoms with Gasteiger partial charge in [-0.3, -0.25) is 0 Å². The van der Waals surface area contributed by atoms with Gasteiger partial charge in [0.05, 0.1) is 18.1 Å². The van der Waals surface area contributed by atoms with Crippen molar-refractivity contribution in [2.75, 3.05) is 19.8 Å². The van der Waals surface area contributed by atoms with E-state index in [1.807, 2.05) is 11.6 Å². The third kappa shape index (κ3) is 5.19. The van der Waals surface area contributed by atoms with Crippen molar-refractivity contribution in [1.29, 1.82) is 0 Å². The molecular formula is C15H22N2O5S. The Kier molecular flexibility index (Phi) is 5.61. The third-order valence-corrected chi connectivity index (χ3v) is 4.87. The molecule has 7 nitrogen and oxygen atoms in total. The summed E-state index contributed by atoms with van der Waals surface area (Å²) in [7, 11) is -3.87. The van der Waals surface area contributed by atoms with Crippen LogP contribution in [0.5, 0.6) is 0 Å². The smallest absolute Gasteiger partial charge is 0.328 e. The van der Waals surface area contributed by atoms with E-state index >= 15 is 0 Å². The van der Waals surface area contributed by atoms with E-state index in [1.54, 1.807) is 19.1 Å². The van der Waals surface area contributed by atoms with E-state index in [1.165, 1.54) is 12.1 Å². The summed E-state index contributed by atoms with van der Waals surface area (Å²) in [5.41, 5.74) is 0.939. The first-order valence-corrected chi connectivity index (χ1v) is 8.94. The lowest BCUT2D eigenvalue weighted by atomic mass is 10.2. The minimum Gasteiger partial charge on any atom is -0.350 e. The molecule has 0 bridgehead atoms. The maximum Gasteiger partial charge on any atom is 0.328 e. The number of rotatable bonds is 5.